The Hall–Kier alpha value is -10.1. The summed E-state index contributed by atoms with van der Waals surface area (Å²) in [6, 6.07) is 7.97. The molecule has 0 aromatic heterocycles. The number of benzene rings is 6. The number of carbonyl (C=O) groups is 6. The molecule has 6 aromatic carbocycles. The number of aryl methyl sites for hydroxylation is 1. The Labute approximate surface area is 404 Å². The minimum Gasteiger partial charge on any atom is -0.504 e. The van der Waals surface area contributed by atoms with Crippen LogP contribution in [0.2, 0.25) is 0 Å². The number of hydrogen-bond acceptors (Lipinski definition) is 23. The molecule has 2 unspecified atom stereocenters. The van der Waals surface area contributed by atoms with Crippen LogP contribution in [0, 0.1) is 11.6 Å². The van der Waals surface area contributed by atoms with Gasteiger partial charge in [0.2, 0.25) is 28.7 Å². The Morgan fingerprint density at radius 1 is 0.438 bits per heavy atom. The number of nitrogens with one attached hydrogen (secondary N) is 2. The van der Waals surface area contributed by atoms with E-state index in [2.05, 4.69) is 10.9 Å². The number of aromatic hydroxyl groups is 10. The number of phenols is 10. The van der Waals surface area contributed by atoms with E-state index in [1.165, 1.54) is 0 Å². The van der Waals surface area contributed by atoms with Crippen LogP contribution in [0.4, 0.5) is 8.78 Å². The third kappa shape index (κ3) is 11.4. The summed E-state index contributed by atoms with van der Waals surface area (Å²) in [6.07, 6.45) is 0.659. The largest absolute Gasteiger partial charge is 0.504 e. The molecule has 1 aliphatic rings. The summed E-state index contributed by atoms with van der Waals surface area (Å²) in [5, 5.41) is 113. The van der Waals surface area contributed by atoms with Gasteiger partial charge in [-0.1, -0.05) is 0 Å². The predicted octanol–water partition coefficient (Wildman–Crippen LogP) is 4.37. The third-order valence-corrected chi connectivity index (χ3v) is 10.5. The third-order valence-electron chi connectivity index (χ3n) is 10.5. The molecule has 1 fully saturated rings. The molecule has 0 spiro atoms. The van der Waals surface area contributed by atoms with Gasteiger partial charge >= 0.3 is 35.8 Å². The minimum atomic E-state index is -1.59. The van der Waals surface area contributed by atoms with E-state index >= 15 is 0 Å². The fraction of sp³-hybridized carbons (Fsp3) is 0.106. The van der Waals surface area contributed by atoms with E-state index in [1.807, 2.05) is 0 Å². The lowest BCUT2D eigenvalue weighted by Gasteiger charge is -2.14. The Morgan fingerprint density at radius 2 is 0.753 bits per heavy atom. The number of hydrazine groups is 1. The number of esters is 5. The average molecular weight is 1020 g/mol. The van der Waals surface area contributed by atoms with Gasteiger partial charge in [0.25, 0.3) is 0 Å². The molecule has 7 rings (SSSR count). The van der Waals surface area contributed by atoms with Crippen molar-refractivity contribution in [2.24, 2.45) is 0 Å². The average Bonchev–Trinajstić information content (AvgIpc) is 3.81. The van der Waals surface area contributed by atoms with Crippen molar-refractivity contribution in [2.45, 2.75) is 31.3 Å². The van der Waals surface area contributed by atoms with Crippen molar-refractivity contribution >= 4 is 35.8 Å². The van der Waals surface area contributed by atoms with Crippen LogP contribution in [0.25, 0.3) is 0 Å². The molecule has 1 saturated heterocycles. The highest BCUT2D eigenvalue weighted by molar-refractivity contribution is 5.98. The van der Waals surface area contributed by atoms with Gasteiger partial charge in [-0.25, -0.2) is 43.0 Å². The van der Waals surface area contributed by atoms with Crippen LogP contribution >= 0.6 is 0 Å². The first-order valence-electron chi connectivity index (χ1n) is 20.6. The fourth-order valence-corrected chi connectivity index (χ4v) is 6.83. The zero-order chi connectivity index (χ0) is 53.2. The molecule has 0 radical (unpaired) electrons. The van der Waals surface area contributed by atoms with Gasteiger partial charge in [0, 0.05) is 12.1 Å². The monoisotopic (exact) mass is 1020 g/mol. The summed E-state index contributed by atoms with van der Waals surface area (Å²) in [4.78, 5) is 77.2. The lowest BCUT2D eigenvalue weighted by Crippen LogP contribution is -2.39. The van der Waals surface area contributed by atoms with E-state index in [0.29, 0.717) is 66.6 Å². The van der Waals surface area contributed by atoms with E-state index in [4.69, 9.17) is 23.7 Å². The first kappa shape index (κ1) is 50.8. The molecule has 1 heterocycles. The van der Waals surface area contributed by atoms with E-state index in [0.717, 1.165) is 24.3 Å². The maximum Gasteiger partial charge on any atom is 0.343 e. The summed E-state index contributed by atoms with van der Waals surface area (Å²) < 4.78 is 52.6. The lowest BCUT2D eigenvalue weighted by atomic mass is 10.0. The Morgan fingerprint density at radius 3 is 1.10 bits per heavy atom. The van der Waals surface area contributed by atoms with Gasteiger partial charge in [-0.3, -0.25) is 5.43 Å². The molecule has 26 heteroatoms. The van der Waals surface area contributed by atoms with Crippen LogP contribution in [0.3, 0.4) is 0 Å². The van der Waals surface area contributed by atoms with Crippen molar-refractivity contribution in [3.63, 3.8) is 0 Å². The van der Waals surface area contributed by atoms with Gasteiger partial charge in [0.1, 0.15) is 17.7 Å². The predicted molar refractivity (Wildman–Crippen MR) is 234 cm³/mol. The standard InChI is InChI=1S/C47H34F2N2O22/c48-23-3-17(4-24(49)15-23)1-2-25-16-26(51-50-25)47(68)73-36-14-22(9-31(56)41(36)61)46(67)72-35-13-21(8-30(55)40(35)60)45(66)71-34-12-20(7-29(54)39(34)59)44(65)70-33-11-19(6-28(53)38(33)58)43(64)69-32-10-18(42(62)63)5-27(52)37(32)57/h3-15,25-26,50-61H,1-2,16H2,(H,62,63). The van der Waals surface area contributed by atoms with Gasteiger partial charge < -0.3 is 79.9 Å². The van der Waals surface area contributed by atoms with Gasteiger partial charge in [0.05, 0.1) is 27.8 Å². The number of halogens is 2. The van der Waals surface area contributed by atoms with Gasteiger partial charge in [-0.05, 0) is 97.6 Å². The maximum absolute atomic E-state index is 13.6. The van der Waals surface area contributed by atoms with Crippen molar-refractivity contribution in [3.05, 3.63) is 124 Å². The highest BCUT2D eigenvalue weighted by Gasteiger charge is 2.32. The Kier molecular flexibility index (Phi) is 14.3. The molecule has 73 heavy (non-hydrogen) atoms. The van der Waals surface area contributed by atoms with Crippen molar-refractivity contribution in [3.8, 4) is 86.2 Å². The molecule has 0 bridgehead atoms. The van der Waals surface area contributed by atoms with Crippen molar-refractivity contribution in [1.29, 1.82) is 0 Å². The summed E-state index contributed by atoms with van der Waals surface area (Å²) in [6.45, 7) is 0. The van der Waals surface area contributed by atoms with Crippen molar-refractivity contribution < 1.29 is 117 Å². The number of aromatic carboxylic acids is 1. The number of carbonyl (C=O) groups excluding carboxylic acids is 5. The normalized spacial score (nSPS) is 13.9. The minimum absolute atomic E-state index is 0.0971. The zero-order valence-electron chi connectivity index (χ0n) is 36.4. The first-order valence-corrected chi connectivity index (χ1v) is 20.6. The molecular weight excluding hydrogens is 983 g/mol. The van der Waals surface area contributed by atoms with Crippen LogP contribution < -0.4 is 34.5 Å². The van der Waals surface area contributed by atoms with Crippen LogP contribution in [-0.2, 0) is 11.2 Å². The van der Waals surface area contributed by atoms with E-state index < -0.39 is 168 Å². The molecular formula is C47H34F2N2O22. The topological polar surface area (TPSA) is 395 Å². The molecule has 6 aromatic rings. The van der Waals surface area contributed by atoms with E-state index in [1.54, 1.807) is 0 Å². The van der Waals surface area contributed by atoms with Crippen molar-refractivity contribution in [1.82, 2.24) is 10.9 Å². The second kappa shape index (κ2) is 20.5. The van der Waals surface area contributed by atoms with E-state index in [9.17, 15) is 93.7 Å². The van der Waals surface area contributed by atoms with Crippen molar-refractivity contribution in [2.75, 3.05) is 0 Å². The molecule has 0 amide bonds. The number of carboxylic acids is 1. The highest BCUT2D eigenvalue weighted by atomic mass is 19.1. The number of ether oxygens (including phenoxy) is 5. The maximum atomic E-state index is 13.6. The highest BCUT2D eigenvalue weighted by Crippen LogP contribution is 2.43. The summed E-state index contributed by atoms with van der Waals surface area (Å²) >= 11 is 0. The molecule has 2 atom stereocenters. The Balaban J connectivity index is 1.03. The summed E-state index contributed by atoms with van der Waals surface area (Å²) in [7, 11) is 0. The molecule has 1 aliphatic heterocycles. The number of rotatable bonds is 14. The SMILES string of the molecule is O=C(O)c1cc(O)c(O)c(OC(=O)c2cc(O)c(O)c(OC(=O)c3cc(O)c(O)c(OC(=O)c4cc(O)c(O)c(OC(=O)c5cc(O)c(O)c(OC(=O)C6CC(CCc7cc(F)cc(F)c7)NN6)c5)c4)c3)c2)c1. The van der Waals surface area contributed by atoms with Crippen LogP contribution in [0.15, 0.2) is 78.9 Å². The molecule has 0 aliphatic carbocycles. The second-order valence-corrected chi connectivity index (χ2v) is 15.6. The number of phenolic OH excluding ortho intramolecular Hbond substituents is 10. The van der Waals surface area contributed by atoms with Crippen LogP contribution in [0.5, 0.6) is 86.2 Å². The molecule has 378 valence electrons. The lowest BCUT2D eigenvalue weighted by molar-refractivity contribution is -0.136. The van der Waals surface area contributed by atoms with E-state index in [-0.39, 0.29) is 18.9 Å². The van der Waals surface area contributed by atoms with Gasteiger partial charge in [0.15, 0.2) is 57.5 Å². The first-order chi connectivity index (χ1) is 34.4. The Bertz CT molecular complexity index is 3270. The van der Waals surface area contributed by atoms with Gasteiger partial charge in [-0.15, -0.1) is 0 Å². The molecule has 0 saturated carbocycles. The van der Waals surface area contributed by atoms with Crippen LogP contribution in [-0.4, -0.2) is 104 Å². The fourth-order valence-electron chi connectivity index (χ4n) is 6.83. The summed E-state index contributed by atoms with van der Waals surface area (Å²) in [5.74, 6) is -25.4. The number of hydrogen-bond donors (Lipinski definition) is 13. The smallest absolute Gasteiger partial charge is 0.343 e. The summed E-state index contributed by atoms with van der Waals surface area (Å²) in [5.41, 5.74) is 2.45. The zero-order valence-corrected chi connectivity index (χ0v) is 36.4. The number of carboxylic acid groups (broad SMARTS) is 1. The second-order valence-electron chi connectivity index (χ2n) is 15.6. The van der Waals surface area contributed by atoms with Gasteiger partial charge in [-0.2, -0.15) is 0 Å². The quantitative estimate of drug-likeness (QED) is 0.0409. The molecule has 13 N–H and O–H groups in total. The molecule has 24 nitrogen and oxygen atoms in total. The van der Waals surface area contributed by atoms with Crippen LogP contribution in [0.1, 0.15) is 70.2 Å².